The molecule has 1 heteroatoms. The molecule has 0 N–H and O–H groups in total. The first-order chi connectivity index (χ1) is 6.81. The highest BCUT2D eigenvalue weighted by Gasteiger charge is 2.19. The molecule has 0 atom stereocenters. The van der Waals surface area contributed by atoms with Gasteiger partial charge in [0.05, 0.1) is 0 Å². The van der Waals surface area contributed by atoms with Crippen LogP contribution in [-0.4, -0.2) is 24.5 Å². The molecule has 0 radical (unpaired) electrons. The molecule has 80 valence electrons. The van der Waals surface area contributed by atoms with E-state index < -0.39 is 0 Å². The van der Waals surface area contributed by atoms with Crippen molar-refractivity contribution < 1.29 is 0 Å². The van der Waals surface area contributed by atoms with Crippen molar-refractivity contribution in [3.05, 3.63) is 23.8 Å². The molecule has 0 amide bonds. The summed E-state index contributed by atoms with van der Waals surface area (Å²) in [5.41, 5.74) is 1.53. The van der Waals surface area contributed by atoms with Crippen LogP contribution in [0.25, 0.3) is 0 Å². The SMILES string of the molecule is C/C=C\C(=C/C)C1CCN(CC)CC1. The summed E-state index contributed by atoms with van der Waals surface area (Å²) in [6.07, 6.45) is 9.36. The Hall–Kier alpha value is -0.560. The van der Waals surface area contributed by atoms with Gasteiger partial charge in [-0.05, 0) is 57.8 Å². The van der Waals surface area contributed by atoms with E-state index in [2.05, 4.69) is 43.9 Å². The topological polar surface area (TPSA) is 3.24 Å². The number of rotatable bonds is 3. The second kappa shape index (κ2) is 6.02. The molecular formula is C13H23N. The van der Waals surface area contributed by atoms with Crippen molar-refractivity contribution in [2.75, 3.05) is 19.6 Å². The molecular weight excluding hydrogens is 170 g/mol. The van der Waals surface area contributed by atoms with E-state index in [9.17, 15) is 0 Å². The largest absolute Gasteiger partial charge is 0.304 e. The van der Waals surface area contributed by atoms with Crippen molar-refractivity contribution in [3.8, 4) is 0 Å². The summed E-state index contributed by atoms with van der Waals surface area (Å²) in [5, 5.41) is 0. The summed E-state index contributed by atoms with van der Waals surface area (Å²) in [6, 6.07) is 0. The van der Waals surface area contributed by atoms with Gasteiger partial charge in [-0.1, -0.05) is 25.2 Å². The lowest BCUT2D eigenvalue weighted by Gasteiger charge is -2.31. The second-order valence-electron chi connectivity index (χ2n) is 4.00. The van der Waals surface area contributed by atoms with Gasteiger partial charge in [0.15, 0.2) is 0 Å². The summed E-state index contributed by atoms with van der Waals surface area (Å²) in [6.45, 7) is 10.3. The Balaban J connectivity index is 2.48. The first kappa shape index (κ1) is 11.5. The van der Waals surface area contributed by atoms with Gasteiger partial charge in [-0.15, -0.1) is 0 Å². The lowest BCUT2D eigenvalue weighted by molar-refractivity contribution is 0.209. The van der Waals surface area contributed by atoms with E-state index >= 15 is 0 Å². The average Bonchev–Trinajstić information content (AvgIpc) is 2.26. The zero-order valence-electron chi connectivity index (χ0n) is 9.79. The number of likely N-dealkylation sites (tertiary alicyclic amines) is 1. The van der Waals surface area contributed by atoms with Crippen molar-refractivity contribution in [2.45, 2.75) is 33.6 Å². The molecule has 14 heavy (non-hydrogen) atoms. The van der Waals surface area contributed by atoms with Crippen LogP contribution in [0.4, 0.5) is 0 Å². The van der Waals surface area contributed by atoms with E-state index in [1.54, 1.807) is 0 Å². The summed E-state index contributed by atoms with van der Waals surface area (Å²) >= 11 is 0. The maximum atomic E-state index is 2.54. The Morgan fingerprint density at radius 3 is 2.36 bits per heavy atom. The smallest absolute Gasteiger partial charge is 0.00130 e. The molecule has 1 saturated heterocycles. The molecule has 1 rings (SSSR count). The highest BCUT2D eigenvalue weighted by atomic mass is 15.1. The standard InChI is InChI=1S/C13H23N/c1-4-7-12(5-2)13-8-10-14(6-3)11-9-13/h4-5,7,13H,6,8-11H2,1-3H3/b7-4-,12-5+. The van der Waals surface area contributed by atoms with Gasteiger partial charge >= 0.3 is 0 Å². The maximum Gasteiger partial charge on any atom is -0.00130 e. The van der Waals surface area contributed by atoms with Crippen LogP contribution in [0.3, 0.4) is 0 Å². The minimum Gasteiger partial charge on any atom is -0.304 e. The third kappa shape index (κ3) is 2.98. The van der Waals surface area contributed by atoms with E-state index in [1.165, 1.54) is 38.0 Å². The highest BCUT2D eigenvalue weighted by molar-refractivity contribution is 5.21. The van der Waals surface area contributed by atoms with Crippen LogP contribution >= 0.6 is 0 Å². The van der Waals surface area contributed by atoms with Crippen LogP contribution in [0.2, 0.25) is 0 Å². The number of allylic oxidation sites excluding steroid dienone is 4. The zero-order chi connectivity index (χ0) is 10.4. The van der Waals surface area contributed by atoms with Gasteiger partial charge < -0.3 is 4.90 Å². The van der Waals surface area contributed by atoms with Crippen LogP contribution < -0.4 is 0 Å². The molecule has 0 aliphatic carbocycles. The third-order valence-corrected chi connectivity index (χ3v) is 3.20. The van der Waals surface area contributed by atoms with E-state index in [4.69, 9.17) is 0 Å². The molecule has 1 aliphatic heterocycles. The van der Waals surface area contributed by atoms with Gasteiger partial charge in [0.1, 0.15) is 0 Å². The summed E-state index contributed by atoms with van der Waals surface area (Å²) in [4.78, 5) is 2.54. The van der Waals surface area contributed by atoms with Crippen LogP contribution in [0.1, 0.15) is 33.6 Å². The van der Waals surface area contributed by atoms with Crippen molar-refractivity contribution in [3.63, 3.8) is 0 Å². The van der Waals surface area contributed by atoms with Crippen molar-refractivity contribution in [2.24, 2.45) is 5.92 Å². The molecule has 0 aromatic carbocycles. The van der Waals surface area contributed by atoms with Gasteiger partial charge in [-0.3, -0.25) is 0 Å². The Labute approximate surface area is 88.5 Å². The van der Waals surface area contributed by atoms with E-state index in [0.29, 0.717) is 0 Å². The predicted octanol–water partition coefficient (Wildman–Crippen LogP) is 3.24. The van der Waals surface area contributed by atoms with Crippen LogP contribution in [0.5, 0.6) is 0 Å². The summed E-state index contributed by atoms with van der Waals surface area (Å²) in [5.74, 6) is 0.805. The van der Waals surface area contributed by atoms with Gasteiger partial charge in [-0.2, -0.15) is 0 Å². The lowest BCUT2D eigenvalue weighted by atomic mass is 9.88. The number of hydrogen-bond donors (Lipinski definition) is 0. The van der Waals surface area contributed by atoms with Gasteiger partial charge in [0.25, 0.3) is 0 Å². The van der Waals surface area contributed by atoms with E-state index in [0.717, 1.165) is 5.92 Å². The summed E-state index contributed by atoms with van der Waals surface area (Å²) < 4.78 is 0. The van der Waals surface area contributed by atoms with Crippen LogP contribution in [0.15, 0.2) is 23.8 Å². The molecule has 1 heterocycles. The third-order valence-electron chi connectivity index (χ3n) is 3.20. The molecule has 0 spiro atoms. The Morgan fingerprint density at radius 2 is 1.93 bits per heavy atom. The van der Waals surface area contributed by atoms with Crippen molar-refractivity contribution >= 4 is 0 Å². The maximum absolute atomic E-state index is 2.54. The molecule has 0 aromatic rings. The fourth-order valence-corrected chi connectivity index (χ4v) is 2.24. The first-order valence-electron chi connectivity index (χ1n) is 5.83. The van der Waals surface area contributed by atoms with E-state index in [1.807, 2.05) is 0 Å². The molecule has 0 saturated carbocycles. The fraction of sp³-hybridized carbons (Fsp3) is 0.692. The summed E-state index contributed by atoms with van der Waals surface area (Å²) in [7, 11) is 0. The Kier molecular flexibility index (Phi) is 4.95. The van der Waals surface area contributed by atoms with Crippen molar-refractivity contribution in [1.82, 2.24) is 4.90 Å². The minimum atomic E-state index is 0.805. The molecule has 1 nitrogen and oxygen atoms in total. The van der Waals surface area contributed by atoms with Gasteiger partial charge in [-0.25, -0.2) is 0 Å². The van der Waals surface area contributed by atoms with Gasteiger partial charge in [0, 0.05) is 0 Å². The zero-order valence-corrected chi connectivity index (χ0v) is 9.79. The molecule has 0 unspecified atom stereocenters. The molecule has 0 aromatic heterocycles. The number of nitrogens with zero attached hydrogens (tertiary/aromatic N) is 1. The molecule has 1 aliphatic rings. The van der Waals surface area contributed by atoms with E-state index in [-0.39, 0.29) is 0 Å². The average molecular weight is 193 g/mol. The fourth-order valence-electron chi connectivity index (χ4n) is 2.24. The highest BCUT2D eigenvalue weighted by Crippen LogP contribution is 2.25. The monoisotopic (exact) mass is 193 g/mol. The lowest BCUT2D eigenvalue weighted by Crippen LogP contribution is -2.33. The Morgan fingerprint density at radius 1 is 1.29 bits per heavy atom. The Bertz CT molecular complexity index is 207. The van der Waals surface area contributed by atoms with Crippen molar-refractivity contribution in [1.29, 1.82) is 0 Å². The molecule has 1 fully saturated rings. The van der Waals surface area contributed by atoms with Crippen LogP contribution in [-0.2, 0) is 0 Å². The quantitative estimate of drug-likeness (QED) is 0.622. The minimum absolute atomic E-state index is 0.805. The first-order valence-corrected chi connectivity index (χ1v) is 5.83. The van der Waals surface area contributed by atoms with Gasteiger partial charge in [0.2, 0.25) is 0 Å². The van der Waals surface area contributed by atoms with Crippen LogP contribution in [0, 0.1) is 5.92 Å². The number of hydrogen-bond acceptors (Lipinski definition) is 1. The normalized spacial score (nSPS) is 22.1. The number of piperidine rings is 1. The second-order valence-corrected chi connectivity index (χ2v) is 4.00. The predicted molar refractivity (Wildman–Crippen MR) is 63.4 cm³/mol. The molecule has 0 bridgehead atoms.